The highest BCUT2D eigenvalue weighted by molar-refractivity contribution is 7.48. The number of phosphoric ester groups is 1. The van der Waals surface area contributed by atoms with Crippen LogP contribution in [-0.2, 0) is 55.9 Å². The Morgan fingerprint density at radius 1 is 0.955 bits per heavy atom. The van der Waals surface area contributed by atoms with Crippen molar-refractivity contribution in [2.24, 2.45) is 0 Å². The third kappa shape index (κ3) is 8.13. The molecule has 0 aromatic rings. The quantitative estimate of drug-likeness (QED) is 0.160. The van der Waals surface area contributed by atoms with Crippen molar-refractivity contribution in [2.75, 3.05) is 19.9 Å². The van der Waals surface area contributed by atoms with Crippen molar-refractivity contribution in [3.05, 3.63) is 23.5 Å². The largest absolute Gasteiger partial charge is 0.505 e. The lowest BCUT2D eigenvalue weighted by molar-refractivity contribution is -0.145. The van der Waals surface area contributed by atoms with Gasteiger partial charge in [0.05, 0.1) is 50.8 Å². The summed E-state index contributed by atoms with van der Waals surface area (Å²) in [7, 11) is -6.49. The second kappa shape index (κ2) is 14.6. The molecule has 2 fully saturated rings. The molecule has 0 aromatic heterocycles. The van der Waals surface area contributed by atoms with Gasteiger partial charge >= 0.3 is 15.9 Å². The van der Waals surface area contributed by atoms with Crippen LogP contribution in [-0.4, -0.2) is 89.9 Å². The van der Waals surface area contributed by atoms with Crippen LogP contribution in [0.2, 0.25) is 0 Å². The molecule has 0 aliphatic carbocycles. The summed E-state index contributed by atoms with van der Waals surface area (Å²) in [6.45, 7) is 5.67. The van der Waals surface area contributed by atoms with Crippen LogP contribution >= 0.6 is 15.9 Å². The van der Waals surface area contributed by atoms with Crippen molar-refractivity contribution in [1.29, 1.82) is 5.26 Å². The van der Waals surface area contributed by atoms with Gasteiger partial charge in [-0.2, -0.15) is 5.26 Å². The number of phosphoric acid groups is 1. The van der Waals surface area contributed by atoms with Gasteiger partial charge < -0.3 is 9.47 Å². The predicted octanol–water partition coefficient (Wildman–Crippen LogP) is 3.23. The Labute approximate surface area is 255 Å². The summed E-state index contributed by atoms with van der Waals surface area (Å²) in [5.41, 5.74) is 0.783. The fraction of sp³-hybridized carbons (Fsp3) is 0.667. The Morgan fingerprint density at radius 2 is 1.50 bits per heavy atom. The zero-order valence-electron chi connectivity index (χ0n) is 24.9. The van der Waals surface area contributed by atoms with E-state index in [2.05, 4.69) is 0 Å². The number of nitriles is 1. The average molecular weight is 657 g/mol. The SMILES string of the molecule is CCC1OC(N2C=C(C)C(=O)CC2=O)CC1OP(=O)(OCCC#N)OCC1OC(N2C=C(C)C(=O)CC2=O)CC1O[P+](C)=O. The van der Waals surface area contributed by atoms with Crippen LogP contribution in [0, 0.1) is 11.3 Å². The summed E-state index contributed by atoms with van der Waals surface area (Å²) < 4.78 is 60.5. The molecule has 0 radical (unpaired) electrons. The van der Waals surface area contributed by atoms with Gasteiger partial charge in [-0.15, -0.1) is 4.52 Å². The molecular weight excluding hydrogens is 620 g/mol. The zero-order valence-corrected chi connectivity index (χ0v) is 26.7. The molecule has 8 unspecified atom stereocenters. The minimum absolute atomic E-state index is 0.0997. The Balaban J connectivity index is 1.48. The maximum Gasteiger partial charge on any atom is 0.505 e. The molecular formula is C27H36N3O12P2+. The monoisotopic (exact) mass is 656 g/mol. The number of ether oxygens (including phenoxy) is 2. The molecule has 4 aliphatic heterocycles. The fourth-order valence-corrected chi connectivity index (χ4v) is 7.23. The Kier molecular flexibility index (Phi) is 11.4. The van der Waals surface area contributed by atoms with E-state index in [1.807, 2.05) is 13.0 Å². The zero-order chi connectivity index (χ0) is 32.2. The molecule has 4 rings (SSSR count). The molecule has 240 valence electrons. The third-order valence-corrected chi connectivity index (χ3v) is 9.60. The molecule has 0 bridgehead atoms. The Morgan fingerprint density at radius 3 is 2.02 bits per heavy atom. The standard InChI is InChI=1S/C27H36N3O12P2/c1-5-20-22(12-27(39-20)30-14-17(3)19(32)10-25(30)34)42-44(36,37-8-6-7-28)38-15-23-21(41-43(4)35)11-26(40-23)29-13-16(2)18(31)9-24(29)33/h13-14,20-23,26-27H,5-6,8-12,15H2,1-4H3/q+1. The van der Waals surface area contributed by atoms with E-state index in [9.17, 15) is 28.3 Å². The minimum Gasteiger partial charge on any atom is -0.352 e. The summed E-state index contributed by atoms with van der Waals surface area (Å²) in [5.74, 6) is -1.47. The lowest BCUT2D eigenvalue weighted by atomic mass is 10.1. The summed E-state index contributed by atoms with van der Waals surface area (Å²) in [4.78, 5) is 51.6. The number of amides is 2. The number of nitrogens with zero attached hydrogens (tertiary/aromatic N) is 3. The molecule has 2 saturated heterocycles. The maximum absolute atomic E-state index is 13.9. The van der Waals surface area contributed by atoms with Crippen LogP contribution in [0.25, 0.3) is 0 Å². The van der Waals surface area contributed by atoms with E-state index >= 15 is 0 Å². The number of allylic oxidation sites excluding steroid dienone is 2. The van der Waals surface area contributed by atoms with Crippen LogP contribution in [0.4, 0.5) is 0 Å². The van der Waals surface area contributed by atoms with Gasteiger partial charge in [-0.25, -0.2) is 4.57 Å². The number of carbonyl (C=O) groups excluding carboxylic acids is 4. The molecule has 4 aliphatic rings. The lowest BCUT2D eigenvalue weighted by Crippen LogP contribution is -2.40. The first-order chi connectivity index (χ1) is 20.8. The number of carbonyl (C=O) groups is 4. The van der Waals surface area contributed by atoms with E-state index in [-0.39, 0.29) is 50.3 Å². The third-order valence-electron chi connectivity index (χ3n) is 7.54. The van der Waals surface area contributed by atoms with Gasteiger partial charge in [0.2, 0.25) is 11.8 Å². The van der Waals surface area contributed by atoms with Gasteiger partial charge in [0.25, 0.3) is 0 Å². The Bertz CT molecular complexity index is 1340. The highest BCUT2D eigenvalue weighted by atomic mass is 31.2. The second-order valence-electron chi connectivity index (χ2n) is 10.8. The number of Topliss-reactive ketones (excluding diaryl/α,β-unsaturated/α-hetero) is 2. The molecule has 4 heterocycles. The first-order valence-electron chi connectivity index (χ1n) is 14.2. The predicted molar refractivity (Wildman–Crippen MR) is 150 cm³/mol. The molecule has 15 nitrogen and oxygen atoms in total. The topological polar surface area (TPSA) is 188 Å². The highest BCUT2D eigenvalue weighted by Gasteiger charge is 2.48. The maximum atomic E-state index is 13.9. The first-order valence-corrected chi connectivity index (χ1v) is 17.3. The van der Waals surface area contributed by atoms with Crippen LogP contribution in [0.1, 0.15) is 59.3 Å². The normalized spacial score (nSPS) is 31.1. The van der Waals surface area contributed by atoms with Crippen molar-refractivity contribution in [2.45, 2.75) is 96.2 Å². The Hall–Kier alpha value is -2.66. The highest BCUT2D eigenvalue weighted by Crippen LogP contribution is 2.53. The van der Waals surface area contributed by atoms with E-state index in [1.54, 1.807) is 13.8 Å². The minimum atomic E-state index is -4.40. The summed E-state index contributed by atoms with van der Waals surface area (Å²) in [5, 5.41) is 8.99. The summed E-state index contributed by atoms with van der Waals surface area (Å²) in [6, 6.07) is 1.89. The summed E-state index contributed by atoms with van der Waals surface area (Å²) in [6.07, 6.45) is -2.14. The summed E-state index contributed by atoms with van der Waals surface area (Å²) >= 11 is 0. The van der Waals surface area contributed by atoms with E-state index in [0.29, 0.717) is 17.6 Å². The number of ketones is 2. The molecule has 0 spiro atoms. The van der Waals surface area contributed by atoms with Gasteiger partial charge in [-0.1, -0.05) is 6.92 Å². The molecule has 8 atom stereocenters. The van der Waals surface area contributed by atoms with E-state index < -0.39 is 71.1 Å². The first kappa shape index (κ1) is 34.2. The van der Waals surface area contributed by atoms with Gasteiger partial charge in [-0.3, -0.25) is 42.5 Å². The van der Waals surface area contributed by atoms with E-state index in [4.69, 9.17) is 32.8 Å². The average Bonchev–Trinajstić information content (AvgIpc) is 3.54. The number of hydrogen-bond donors (Lipinski definition) is 0. The fourth-order valence-electron chi connectivity index (χ4n) is 5.23. The van der Waals surface area contributed by atoms with Gasteiger partial charge in [-0.05, 0) is 24.8 Å². The van der Waals surface area contributed by atoms with Crippen molar-refractivity contribution in [1.82, 2.24) is 9.80 Å². The molecule has 0 aromatic carbocycles. The van der Waals surface area contributed by atoms with Crippen LogP contribution in [0.3, 0.4) is 0 Å². The number of hydrogen-bond acceptors (Lipinski definition) is 13. The molecule has 2 amide bonds. The van der Waals surface area contributed by atoms with Crippen LogP contribution < -0.4 is 0 Å². The van der Waals surface area contributed by atoms with Crippen molar-refractivity contribution < 1.29 is 55.9 Å². The van der Waals surface area contributed by atoms with Gasteiger partial charge in [0, 0.05) is 36.4 Å². The van der Waals surface area contributed by atoms with Crippen molar-refractivity contribution in [3.8, 4) is 6.07 Å². The smallest absolute Gasteiger partial charge is 0.352 e. The molecule has 0 N–H and O–H groups in total. The van der Waals surface area contributed by atoms with Crippen LogP contribution in [0.15, 0.2) is 23.5 Å². The second-order valence-corrected chi connectivity index (χ2v) is 13.5. The number of rotatable bonds is 13. The van der Waals surface area contributed by atoms with Crippen molar-refractivity contribution >= 4 is 39.2 Å². The van der Waals surface area contributed by atoms with Gasteiger partial charge in [0.1, 0.15) is 24.7 Å². The molecule has 17 heteroatoms. The van der Waals surface area contributed by atoms with Crippen LogP contribution in [0.5, 0.6) is 0 Å². The van der Waals surface area contributed by atoms with Crippen molar-refractivity contribution in [3.63, 3.8) is 0 Å². The van der Waals surface area contributed by atoms with E-state index in [0.717, 1.165) is 0 Å². The molecule has 0 saturated carbocycles. The van der Waals surface area contributed by atoms with E-state index in [1.165, 1.54) is 28.9 Å². The van der Waals surface area contributed by atoms with Gasteiger partial charge in [0.15, 0.2) is 18.2 Å². The molecule has 44 heavy (non-hydrogen) atoms. The lowest BCUT2D eigenvalue weighted by Gasteiger charge is -2.29.